The third kappa shape index (κ3) is 4.10. The molecular formula is C21H24FN3O2. The van der Waals surface area contributed by atoms with Crippen molar-refractivity contribution in [2.45, 2.75) is 6.92 Å². The molecule has 3 rings (SSSR count). The Morgan fingerprint density at radius 3 is 1.96 bits per heavy atom. The molecule has 0 N–H and O–H groups in total. The van der Waals surface area contributed by atoms with E-state index in [-0.39, 0.29) is 17.6 Å². The maximum absolute atomic E-state index is 13.4. The van der Waals surface area contributed by atoms with E-state index in [4.69, 9.17) is 0 Å². The largest absolute Gasteiger partial charge is 0.378 e. The van der Waals surface area contributed by atoms with Crippen molar-refractivity contribution in [2.24, 2.45) is 0 Å². The molecular weight excluding hydrogens is 345 g/mol. The molecule has 1 heterocycles. The lowest BCUT2D eigenvalue weighted by Crippen LogP contribution is -2.50. The predicted molar refractivity (Wildman–Crippen MR) is 104 cm³/mol. The number of hydrogen-bond donors (Lipinski definition) is 0. The number of piperazine rings is 1. The molecule has 2 aromatic carbocycles. The Labute approximate surface area is 159 Å². The van der Waals surface area contributed by atoms with Crippen molar-refractivity contribution in [3.05, 3.63) is 65.0 Å². The summed E-state index contributed by atoms with van der Waals surface area (Å²) in [6.07, 6.45) is 0. The van der Waals surface area contributed by atoms with E-state index >= 15 is 0 Å². The highest BCUT2D eigenvalue weighted by Gasteiger charge is 2.26. The lowest BCUT2D eigenvalue weighted by molar-refractivity contribution is 0.0535. The predicted octanol–water partition coefficient (Wildman–Crippen LogP) is 2.80. The standard InChI is InChI=1S/C21H24FN3O2/c1-15-13-17(7-8-19(15)22)21(27)25-11-9-24(10-12-25)20(26)16-5-4-6-18(14-16)23(2)3/h4-8,13-14H,9-12H2,1-3H3. The zero-order valence-corrected chi connectivity index (χ0v) is 15.9. The third-order valence-electron chi connectivity index (χ3n) is 4.87. The second kappa shape index (κ2) is 7.78. The summed E-state index contributed by atoms with van der Waals surface area (Å²) in [5, 5.41) is 0. The lowest BCUT2D eigenvalue weighted by atomic mass is 10.1. The minimum absolute atomic E-state index is 0.0246. The van der Waals surface area contributed by atoms with Crippen LogP contribution in [0.3, 0.4) is 0 Å². The molecule has 142 valence electrons. The van der Waals surface area contributed by atoms with Crippen molar-refractivity contribution in [3.63, 3.8) is 0 Å². The summed E-state index contributed by atoms with van der Waals surface area (Å²) in [6.45, 7) is 3.54. The SMILES string of the molecule is Cc1cc(C(=O)N2CCN(C(=O)c3cccc(N(C)C)c3)CC2)ccc1F. The summed E-state index contributed by atoms with van der Waals surface area (Å²) in [5.41, 5.74) is 2.55. The van der Waals surface area contributed by atoms with Gasteiger partial charge in [0, 0.05) is 57.1 Å². The minimum Gasteiger partial charge on any atom is -0.378 e. The van der Waals surface area contributed by atoms with Crippen LogP contribution in [0.2, 0.25) is 0 Å². The number of benzene rings is 2. The van der Waals surface area contributed by atoms with Crippen molar-refractivity contribution in [1.82, 2.24) is 9.80 Å². The van der Waals surface area contributed by atoms with Gasteiger partial charge in [0.15, 0.2) is 0 Å². The first kappa shape index (κ1) is 18.9. The fraction of sp³-hybridized carbons (Fsp3) is 0.333. The van der Waals surface area contributed by atoms with Gasteiger partial charge in [-0.05, 0) is 48.9 Å². The van der Waals surface area contributed by atoms with Crippen LogP contribution in [0.15, 0.2) is 42.5 Å². The summed E-state index contributed by atoms with van der Waals surface area (Å²) in [5.74, 6) is -0.467. The number of halogens is 1. The molecule has 2 amide bonds. The van der Waals surface area contributed by atoms with Gasteiger partial charge in [-0.1, -0.05) is 6.07 Å². The second-order valence-electron chi connectivity index (χ2n) is 6.99. The Morgan fingerprint density at radius 1 is 0.889 bits per heavy atom. The van der Waals surface area contributed by atoms with Crippen molar-refractivity contribution >= 4 is 17.5 Å². The molecule has 0 radical (unpaired) electrons. The van der Waals surface area contributed by atoms with Gasteiger partial charge in [0.2, 0.25) is 0 Å². The van der Waals surface area contributed by atoms with E-state index in [0.29, 0.717) is 42.9 Å². The number of nitrogens with zero attached hydrogens (tertiary/aromatic N) is 3. The summed E-state index contributed by atoms with van der Waals surface area (Å²) >= 11 is 0. The van der Waals surface area contributed by atoms with Gasteiger partial charge in [-0.2, -0.15) is 0 Å². The average Bonchev–Trinajstić information content (AvgIpc) is 2.69. The van der Waals surface area contributed by atoms with E-state index in [9.17, 15) is 14.0 Å². The molecule has 1 saturated heterocycles. The maximum atomic E-state index is 13.4. The van der Waals surface area contributed by atoms with Crippen LogP contribution in [0.5, 0.6) is 0 Å². The van der Waals surface area contributed by atoms with E-state index < -0.39 is 0 Å². The van der Waals surface area contributed by atoms with E-state index in [2.05, 4.69) is 0 Å². The van der Waals surface area contributed by atoms with Crippen molar-refractivity contribution < 1.29 is 14.0 Å². The molecule has 2 aromatic rings. The Hall–Kier alpha value is -2.89. The molecule has 0 saturated carbocycles. The molecule has 0 spiro atoms. The molecule has 1 aliphatic rings. The van der Waals surface area contributed by atoms with Crippen LogP contribution in [0.25, 0.3) is 0 Å². The fourth-order valence-corrected chi connectivity index (χ4v) is 3.17. The smallest absolute Gasteiger partial charge is 0.254 e. The summed E-state index contributed by atoms with van der Waals surface area (Å²) < 4.78 is 13.4. The van der Waals surface area contributed by atoms with Crippen LogP contribution in [0, 0.1) is 12.7 Å². The summed E-state index contributed by atoms with van der Waals surface area (Å²) in [7, 11) is 3.87. The quantitative estimate of drug-likeness (QED) is 0.836. The third-order valence-corrected chi connectivity index (χ3v) is 4.87. The number of carbonyl (C=O) groups excluding carboxylic acids is 2. The molecule has 5 nitrogen and oxygen atoms in total. The highest BCUT2D eigenvalue weighted by molar-refractivity contribution is 5.96. The molecule has 0 unspecified atom stereocenters. The van der Waals surface area contributed by atoms with Crippen LogP contribution in [0.4, 0.5) is 10.1 Å². The van der Waals surface area contributed by atoms with E-state index in [1.807, 2.05) is 43.3 Å². The monoisotopic (exact) mass is 369 g/mol. The number of amides is 2. The minimum atomic E-state index is -0.318. The van der Waals surface area contributed by atoms with Gasteiger partial charge in [-0.25, -0.2) is 4.39 Å². The van der Waals surface area contributed by atoms with Crippen molar-refractivity contribution in [2.75, 3.05) is 45.2 Å². The lowest BCUT2D eigenvalue weighted by Gasteiger charge is -2.35. The van der Waals surface area contributed by atoms with E-state index in [0.717, 1.165) is 5.69 Å². The summed E-state index contributed by atoms with van der Waals surface area (Å²) in [6, 6.07) is 11.9. The first-order valence-electron chi connectivity index (χ1n) is 8.99. The van der Waals surface area contributed by atoms with Crippen LogP contribution >= 0.6 is 0 Å². The van der Waals surface area contributed by atoms with Crippen molar-refractivity contribution in [1.29, 1.82) is 0 Å². The van der Waals surface area contributed by atoms with Crippen LogP contribution < -0.4 is 4.90 Å². The number of hydrogen-bond acceptors (Lipinski definition) is 3. The number of aryl methyl sites for hydroxylation is 1. The van der Waals surface area contributed by atoms with Crippen LogP contribution in [0.1, 0.15) is 26.3 Å². The molecule has 1 fully saturated rings. The van der Waals surface area contributed by atoms with Gasteiger partial charge in [-0.15, -0.1) is 0 Å². The van der Waals surface area contributed by atoms with Gasteiger partial charge in [-0.3, -0.25) is 9.59 Å². The first-order chi connectivity index (χ1) is 12.9. The molecule has 0 aliphatic carbocycles. The molecule has 0 aromatic heterocycles. The molecule has 27 heavy (non-hydrogen) atoms. The fourth-order valence-electron chi connectivity index (χ4n) is 3.17. The normalized spacial score (nSPS) is 14.2. The zero-order valence-electron chi connectivity index (χ0n) is 15.9. The van der Waals surface area contributed by atoms with Gasteiger partial charge < -0.3 is 14.7 Å². The average molecular weight is 369 g/mol. The molecule has 0 atom stereocenters. The number of rotatable bonds is 3. The topological polar surface area (TPSA) is 43.9 Å². The molecule has 0 bridgehead atoms. The van der Waals surface area contributed by atoms with Gasteiger partial charge in [0.05, 0.1) is 0 Å². The van der Waals surface area contributed by atoms with E-state index in [1.165, 1.54) is 12.1 Å². The number of carbonyl (C=O) groups is 2. The Balaban J connectivity index is 1.64. The highest BCUT2D eigenvalue weighted by atomic mass is 19.1. The number of anilines is 1. The maximum Gasteiger partial charge on any atom is 0.254 e. The Bertz CT molecular complexity index is 858. The van der Waals surface area contributed by atoms with Gasteiger partial charge in [0.1, 0.15) is 5.82 Å². The zero-order chi connectivity index (χ0) is 19.6. The molecule has 6 heteroatoms. The van der Waals surface area contributed by atoms with Crippen LogP contribution in [-0.4, -0.2) is 61.9 Å². The Kier molecular flexibility index (Phi) is 5.44. The van der Waals surface area contributed by atoms with Gasteiger partial charge in [0.25, 0.3) is 11.8 Å². The van der Waals surface area contributed by atoms with E-state index in [1.54, 1.807) is 22.8 Å². The Morgan fingerprint density at radius 2 is 1.44 bits per heavy atom. The first-order valence-corrected chi connectivity index (χ1v) is 8.99. The molecule has 1 aliphatic heterocycles. The van der Waals surface area contributed by atoms with Crippen LogP contribution in [-0.2, 0) is 0 Å². The summed E-state index contributed by atoms with van der Waals surface area (Å²) in [4.78, 5) is 30.8. The van der Waals surface area contributed by atoms with Crippen molar-refractivity contribution in [3.8, 4) is 0 Å². The second-order valence-corrected chi connectivity index (χ2v) is 6.99. The highest BCUT2D eigenvalue weighted by Crippen LogP contribution is 2.17. The van der Waals surface area contributed by atoms with Gasteiger partial charge >= 0.3 is 0 Å².